The highest BCUT2D eigenvalue weighted by molar-refractivity contribution is 6.28. The molecule has 0 spiro atoms. The summed E-state index contributed by atoms with van der Waals surface area (Å²) in [6.45, 7) is 0. The van der Waals surface area contributed by atoms with Crippen LogP contribution in [0.3, 0.4) is 0 Å². The van der Waals surface area contributed by atoms with E-state index in [0.29, 0.717) is 17.2 Å². The summed E-state index contributed by atoms with van der Waals surface area (Å²) in [6, 6.07) is 27.3. The summed E-state index contributed by atoms with van der Waals surface area (Å²) in [5, 5.41) is 9.20. The Balaban J connectivity index is 1.72. The zero-order valence-electron chi connectivity index (χ0n) is 14.2. The van der Waals surface area contributed by atoms with Crippen molar-refractivity contribution in [1.82, 2.24) is 15.0 Å². The van der Waals surface area contributed by atoms with Gasteiger partial charge in [-0.25, -0.2) is 4.98 Å². The summed E-state index contributed by atoms with van der Waals surface area (Å²) in [7, 11) is 0. The van der Waals surface area contributed by atoms with Gasteiger partial charge in [0.2, 0.25) is 5.28 Å². The van der Waals surface area contributed by atoms with Crippen LogP contribution in [0.5, 0.6) is 0 Å². The molecule has 1 heterocycles. The minimum atomic E-state index is 0.115. The molecule has 0 aliphatic rings. The van der Waals surface area contributed by atoms with Gasteiger partial charge in [-0.3, -0.25) is 0 Å². The molecule has 3 aromatic carbocycles. The molecule has 0 saturated heterocycles. The van der Waals surface area contributed by atoms with Gasteiger partial charge in [0.15, 0.2) is 11.6 Å². The fraction of sp³-hybridized carbons (Fsp3) is 0. The molecule has 27 heavy (non-hydrogen) atoms. The summed E-state index contributed by atoms with van der Waals surface area (Å²) in [5.41, 5.74) is 4.36. The molecule has 0 radical (unpaired) electrons. The van der Waals surface area contributed by atoms with Crippen molar-refractivity contribution in [2.45, 2.75) is 0 Å². The van der Waals surface area contributed by atoms with Gasteiger partial charge in [0.25, 0.3) is 0 Å². The second-order valence-electron chi connectivity index (χ2n) is 5.89. The van der Waals surface area contributed by atoms with Crippen molar-refractivity contribution in [3.05, 3.63) is 89.7 Å². The molecule has 0 saturated carbocycles. The lowest BCUT2D eigenvalue weighted by Gasteiger charge is -2.06. The van der Waals surface area contributed by atoms with Crippen molar-refractivity contribution in [3.8, 4) is 40.0 Å². The van der Waals surface area contributed by atoms with E-state index in [-0.39, 0.29) is 5.28 Å². The first-order valence-electron chi connectivity index (χ1n) is 8.31. The molecule has 4 aromatic rings. The third-order valence-electron chi connectivity index (χ3n) is 4.11. The van der Waals surface area contributed by atoms with Crippen molar-refractivity contribution in [2.75, 3.05) is 0 Å². The Labute approximate surface area is 161 Å². The predicted molar refractivity (Wildman–Crippen MR) is 106 cm³/mol. The standard InChI is InChI=1S/C22H13ClN4/c23-22-26-20(25-21(27-22)19-8-4-5-15(13-19)14-24)18-11-9-17(10-12-18)16-6-2-1-3-7-16/h1-13H. The molecule has 0 bridgehead atoms. The topological polar surface area (TPSA) is 62.5 Å². The van der Waals surface area contributed by atoms with E-state index < -0.39 is 0 Å². The van der Waals surface area contributed by atoms with E-state index in [1.807, 2.05) is 48.5 Å². The third kappa shape index (κ3) is 3.69. The lowest BCUT2D eigenvalue weighted by atomic mass is 10.0. The van der Waals surface area contributed by atoms with E-state index in [1.54, 1.807) is 18.2 Å². The minimum Gasteiger partial charge on any atom is -0.208 e. The van der Waals surface area contributed by atoms with Crippen LogP contribution >= 0.6 is 11.6 Å². The van der Waals surface area contributed by atoms with Crippen LogP contribution in [0.25, 0.3) is 33.9 Å². The summed E-state index contributed by atoms with van der Waals surface area (Å²) in [5.74, 6) is 0.932. The highest BCUT2D eigenvalue weighted by Gasteiger charge is 2.10. The lowest BCUT2D eigenvalue weighted by Crippen LogP contribution is -1.97. The van der Waals surface area contributed by atoms with Crippen molar-refractivity contribution < 1.29 is 0 Å². The number of aromatic nitrogens is 3. The van der Waals surface area contributed by atoms with Crippen LogP contribution in [0.4, 0.5) is 0 Å². The summed E-state index contributed by atoms with van der Waals surface area (Å²) in [4.78, 5) is 13.0. The predicted octanol–water partition coefficient (Wildman–Crippen LogP) is 5.40. The van der Waals surface area contributed by atoms with E-state index in [0.717, 1.165) is 22.3 Å². The molecule has 5 heteroatoms. The van der Waals surface area contributed by atoms with Gasteiger partial charge in [-0.2, -0.15) is 15.2 Å². The average Bonchev–Trinajstić information content (AvgIpc) is 2.74. The lowest BCUT2D eigenvalue weighted by molar-refractivity contribution is 1.07. The monoisotopic (exact) mass is 368 g/mol. The number of halogens is 1. The SMILES string of the molecule is N#Cc1cccc(-c2nc(Cl)nc(-c3ccc(-c4ccccc4)cc3)n2)c1. The zero-order chi connectivity index (χ0) is 18.6. The molecule has 0 fully saturated rings. The average molecular weight is 369 g/mol. The molecular formula is C22H13ClN4. The molecule has 0 unspecified atom stereocenters. The van der Waals surface area contributed by atoms with Crippen molar-refractivity contribution in [2.24, 2.45) is 0 Å². The Morgan fingerprint density at radius 1 is 0.630 bits per heavy atom. The van der Waals surface area contributed by atoms with Gasteiger partial charge in [0.1, 0.15) is 0 Å². The largest absolute Gasteiger partial charge is 0.226 e. The zero-order valence-corrected chi connectivity index (χ0v) is 14.9. The first kappa shape index (κ1) is 16.9. The Bertz CT molecular complexity index is 1130. The van der Waals surface area contributed by atoms with E-state index in [2.05, 4.69) is 33.2 Å². The molecule has 0 aliphatic carbocycles. The minimum absolute atomic E-state index is 0.115. The Morgan fingerprint density at radius 2 is 1.22 bits per heavy atom. The van der Waals surface area contributed by atoms with Gasteiger partial charge in [-0.15, -0.1) is 0 Å². The van der Waals surface area contributed by atoms with Crippen LogP contribution in [0.1, 0.15) is 5.56 Å². The highest BCUT2D eigenvalue weighted by atomic mass is 35.5. The van der Waals surface area contributed by atoms with Crippen LogP contribution < -0.4 is 0 Å². The normalized spacial score (nSPS) is 10.4. The number of hydrogen-bond donors (Lipinski definition) is 0. The van der Waals surface area contributed by atoms with E-state index in [9.17, 15) is 0 Å². The molecular weight excluding hydrogens is 356 g/mol. The van der Waals surface area contributed by atoms with Gasteiger partial charge in [0, 0.05) is 11.1 Å². The summed E-state index contributed by atoms with van der Waals surface area (Å²) < 4.78 is 0. The van der Waals surface area contributed by atoms with Gasteiger partial charge in [-0.1, -0.05) is 66.7 Å². The maximum absolute atomic E-state index is 9.09. The summed E-state index contributed by atoms with van der Waals surface area (Å²) >= 11 is 6.12. The number of rotatable bonds is 3. The smallest absolute Gasteiger partial charge is 0.208 e. The summed E-state index contributed by atoms with van der Waals surface area (Å²) in [6.07, 6.45) is 0. The molecule has 0 amide bonds. The fourth-order valence-electron chi connectivity index (χ4n) is 2.78. The Kier molecular flexibility index (Phi) is 4.61. The van der Waals surface area contributed by atoms with Crippen LogP contribution in [0.2, 0.25) is 5.28 Å². The van der Waals surface area contributed by atoms with E-state index >= 15 is 0 Å². The maximum atomic E-state index is 9.09. The quantitative estimate of drug-likeness (QED) is 0.486. The van der Waals surface area contributed by atoms with Gasteiger partial charge in [0.05, 0.1) is 11.6 Å². The fourth-order valence-corrected chi connectivity index (χ4v) is 2.94. The first-order valence-corrected chi connectivity index (χ1v) is 8.69. The van der Waals surface area contributed by atoms with Crippen LogP contribution in [0, 0.1) is 11.3 Å². The first-order chi connectivity index (χ1) is 13.2. The Morgan fingerprint density at radius 3 is 1.93 bits per heavy atom. The second-order valence-corrected chi connectivity index (χ2v) is 6.23. The molecule has 0 aliphatic heterocycles. The molecule has 1 aromatic heterocycles. The van der Waals surface area contributed by atoms with Crippen molar-refractivity contribution in [3.63, 3.8) is 0 Å². The number of nitriles is 1. The molecule has 0 atom stereocenters. The molecule has 128 valence electrons. The maximum Gasteiger partial charge on any atom is 0.226 e. The molecule has 4 nitrogen and oxygen atoms in total. The van der Waals surface area contributed by atoms with Crippen LogP contribution in [-0.4, -0.2) is 15.0 Å². The number of hydrogen-bond acceptors (Lipinski definition) is 4. The number of benzene rings is 3. The van der Waals surface area contributed by atoms with Gasteiger partial charge >= 0.3 is 0 Å². The second kappa shape index (κ2) is 7.36. The number of nitrogens with zero attached hydrogens (tertiary/aromatic N) is 4. The van der Waals surface area contributed by atoms with Crippen LogP contribution in [0.15, 0.2) is 78.9 Å². The van der Waals surface area contributed by atoms with E-state index in [1.165, 1.54) is 0 Å². The molecule has 4 rings (SSSR count). The highest BCUT2D eigenvalue weighted by Crippen LogP contribution is 2.25. The van der Waals surface area contributed by atoms with Crippen molar-refractivity contribution >= 4 is 11.6 Å². The molecule has 0 N–H and O–H groups in total. The van der Waals surface area contributed by atoms with E-state index in [4.69, 9.17) is 16.9 Å². The third-order valence-corrected chi connectivity index (χ3v) is 4.28. The Hall–Kier alpha value is -3.55. The van der Waals surface area contributed by atoms with Gasteiger partial charge < -0.3 is 0 Å². The van der Waals surface area contributed by atoms with Gasteiger partial charge in [-0.05, 0) is 34.9 Å². The van der Waals surface area contributed by atoms with Crippen LogP contribution in [-0.2, 0) is 0 Å². The van der Waals surface area contributed by atoms with Crippen molar-refractivity contribution in [1.29, 1.82) is 5.26 Å².